The quantitative estimate of drug-likeness (QED) is 0.0227. The van der Waals surface area contributed by atoms with Gasteiger partial charge in [0.1, 0.15) is 99.5 Å². The van der Waals surface area contributed by atoms with Gasteiger partial charge in [0.05, 0.1) is 61.0 Å². The summed E-state index contributed by atoms with van der Waals surface area (Å²) in [6.07, 6.45) is -26.2. The molecule has 0 amide bonds. The van der Waals surface area contributed by atoms with Crippen LogP contribution in [0.15, 0.2) is 24.3 Å². The zero-order valence-corrected chi connectivity index (χ0v) is 47.4. The van der Waals surface area contributed by atoms with Crippen LogP contribution in [0.3, 0.4) is 0 Å². The minimum Gasteiger partial charge on any atom is -0.481 e. The molecule has 29 nitrogen and oxygen atoms in total. The van der Waals surface area contributed by atoms with E-state index in [-0.39, 0.29) is 37.0 Å². The average molecular weight is 1220 g/mol. The third-order valence-corrected chi connectivity index (χ3v) is 18.0. The van der Waals surface area contributed by atoms with Gasteiger partial charge in [0.2, 0.25) is 0 Å². The summed E-state index contributed by atoms with van der Waals surface area (Å²) in [5.41, 5.74) is 0. The number of aliphatic hydroxyl groups is 12. The first-order chi connectivity index (χ1) is 40.5. The number of fused-ring (bicyclic) bond motifs is 1. The number of carbonyl (C=O) groups is 4. The van der Waals surface area contributed by atoms with E-state index in [0.29, 0.717) is 64.2 Å². The van der Waals surface area contributed by atoms with Gasteiger partial charge in [0, 0.05) is 38.7 Å². The summed E-state index contributed by atoms with van der Waals surface area (Å²) in [6.45, 7) is -2.09. The van der Waals surface area contributed by atoms with Gasteiger partial charge in [-0.1, -0.05) is 12.2 Å². The molecule has 0 radical (unpaired) electrons. The number of esters is 3. The number of carboxylic acids is 1. The van der Waals surface area contributed by atoms with Crippen molar-refractivity contribution in [2.75, 3.05) is 34.0 Å². The lowest BCUT2D eigenvalue weighted by Crippen LogP contribution is -2.66. The van der Waals surface area contributed by atoms with E-state index in [0.717, 1.165) is 0 Å². The highest BCUT2D eigenvalue weighted by atomic mass is 16.8. The van der Waals surface area contributed by atoms with Crippen molar-refractivity contribution >= 4 is 23.9 Å². The van der Waals surface area contributed by atoms with E-state index >= 15 is 0 Å². The van der Waals surface area contributed by atoms with Crippen molar-refractivity contribution in [2.45, 2.75) is 243 Å². The first-order valence-corrected chi connectivity index (χ1v) is 29.4. The number of aliphatic carboxylic acids is 1. The second-order valence-electron chi connectivity index (χ2n) is 23.8. The molecule has 4 heterocycles. The minimum absolute atomic E-state index is 0.0151. The van der Waals surface area contributed by atoms with Crippen molar-refractivity contribution in [3.05, 3.63) is 24.3 Å². The first kappa shape index (κ1) is 67.5. The molecule has 4 aliphatic carbocycles. The predicted molar refractivity (Wildman–Crippen MR) is 280 cm³/mol. The summed E-state index contributed by atoms with van der Waals surface area (Å²) in [6, 6.07) is 0. The van der Waals surface area contributed by atoms with Gasteiger partial charge in [0.25, 0.3) is 0 Å². The standard InChI is InChI=1S/C56H86O29/c1-74-34-15-24(3-11-30(34)59)5-13-41(63)76-21-37-44(66)48(70)51(73)55(83-37)85-53-49(71)46(68)39(22-77-42(64)14-6-25-4-12-31(60)35(16-25)75-2)84-56(53)81-36-19-29-32(79-52(36)26-7-9-27(57)10-8-26)17-28(58)18-33(29)80-54-50(72)47(69)45(67)38(82-54)23-78-43(65)20-40(61)62/h5-6,13-14,24-39,44-60,66-73H,3-4,7-12,15-23H2,1-2H3,(H,61,62)/t24?,25?,26?,27?,28?,29?,30?,31?,32?,33?,34?,35?,36?,37-,38-,39-,44-,45-,46-,47+,48+,49+,50-,51-,52?,53-,54-,55+,56-/m1/s1. The molecule has 0 aromatic heterocycles. The molecule has 85 heavy (non-hydrogen) atoms. The van der Waals surface area contributed by atoms with Crippen molar-refractivity contribution in [3.8, 4) is 0 Å². The summed E-state index contributed by atoms with van der Waals surface area (Å²) in [5.74, 6) is -5.69. The number of aliphatic hydroxyl groups excluding tert-OH is 12. The molecule has 4 aliphatic heterocycles. The van der Waals surface area contributed by atoms with E-state index < -0.39 is 209 Å². The molecular formula is C56H86O29. The monoisotopic (exact) mass is 1220 g/mol. The van der Waals surface area contributed by atoms with Crippen LogP contribution in [0.1, 0.15) is 89.9 Å². The summed E-state index contributed by atoms with van der Waals surface area (Å²) in [7, 11) is 2.95. The third-order valence-electron chi connectivity index (χ3n) is 18.0. The van der Waals surface area contributed by atoms with E-state index in [1.165, 1.54) is 26.4 Å². The minimum atomic E-state index is -2.06. The van der Waals surface area contributed by atoms with E-state index in [9.17, 15) is 80.5 Å². The zero-order valence-electron chi connectivity index (χ0n) is 47.4. The smallest absolute Gasteiger partial charge is 0.330 e. The third kappa shape index (κ3) is 17.3. The van der Waals surface area contributed by atoms with Gasteiger partial charge in [0.15, 0.2) is 18.9 Å². The SMILES string of the molecule is COC1CC(C=CC(=O)OC[C@H]2O[C@@H](O[C@H]3[C@H](OC4CC5C(CC(O)CC5O[C@@H]5O[C@H](COC(=O)CC(=O)O)[C@@H](O)[C@H](O)[C@H]5O)OC4C4CCC(O)CC4)O[C@H](COC(=O)C=CC4CCC(O)C(OC)C4)[C@@H](O)[C@@H]3O)[C@H](O)[C@@H](O)[C@@H]2O)CCC1O. The zero-order chi connectivity index (χ0) is 61.4. The van der Waals surface area contributed by atoms with Crippen molar-refractivity contribution in [3.63, 3.8) is 0 Å². The average Bonchev–Trinajstić information content (AvgIpc) is 1.22. The fraction of sp³-hybridized carbons (Fsp3) is 0.857. The van der Waals surface area contributed by atoms with E-state index in [2.05, 4.69) is 0 Å². The lowest BCUT2D eigenvalue weighted by molar-refractivity contribution is -0.380. The predicted octanol–water partition coefficient (Wildman–Crippen LogP) is -3.75. The maximum atomic E-state index is 13.2. The van der Waals surface area contributed by atoms with Crippen LogP contribution in [-0.4, -0.2) is 277 Å². The van der Waals surface area contributed by atoms with E-state index in [1.54, 1.807) is 12.2 Å². The molecule has 4 saturated carbocycles. The molecule has 13 N–H and O–H groups in total. The van der Waals surface area contributed by atoms with Crippen LogP contribution in [0.4, 0.5) is 0 Å². The number of allylic oxidation sites excluding steroid dienone is 2. The van der Waals surface area contributed by atoms with Crippen molar-refractivity contribution in [1.82, 2.24) is 0 Å². The molecule has 8 aliphatic rings. The van der Waals surface area contributed by atoms with Gasteiger partial charge in [-0.25, -0.2) is 9.59 Å². The van der Waals surface area contributed by atoms with Crippen LogP contribution >= 0.6 is 0 Å². The van der Waals surface area contributed by atoms with Crippen LogP contribution in [-0.2, 0) is 76.0 Å². The first-order valence-electron chi connectivity index (χ1n) is 29.4. The van der Waals surface area contributed by atoms with Gasteiger partial charge < -0.3 is 123 Å². The Morgan fingerprint density at radius 2 is 0.941 bits per heavy atom. The molecule has 0 spiro atoms. The molecule has 29 heteroatoms. The summed E-state index contributed by atoms with van der Waals surface area (Å²) >= 11 is 0. The second-order valence-corrected chi connectivity index (χ2v) is 23.8. The van der Waals surface area contributed by atoms with Gasteiger partial charge in [-0.15, -0.1) is 0 Å². The van der Waals surface area contributed by atoms with Crippen molar-refractivity contribution < 1.29 is 142 Å². The molecule has 0 aromatic carbocycles. The molecule has 0 aromatic rings. The fourth-order valence-electron chi connectivity index (χ4n) is 13.0. The van der Waals surface area contributed by atoms with Crippen LogP contribution < -0.4 is 0 Å². The highest BCUT2D eigenvalue weighted by molar-refractivity contribution is 5.90. The van der Waals surface area contributed by atoms with Crippen molar-refractivity contribution in [1.29, 1.82) is 0 Å². The molecule has 12 unspecified atom stereocenters. The molecule has 4 saturated heterocycles. The van der Waals surface area contributed by atoms with E-state index in [1.807, 2.05) is 0 Å². The topological polar surface area (TPSA) is 442 Å². The molecule has 27 atom stereocenters. The number of rotatable bonds is 21. The van der Waals surface area contributed by atoms with E-state index in [4.69, 9.17) is 61.9 Å². The highest BCUT2D eigenvalue weighted by Gasteiger charge is 2.56. The summed E-state index contributed by atoms with van der Waals surface area (Å²) in [5, 5.41) is 142. The Morgan fingerprint density at radius 1 is 0.459 bits per heavy atom. The molecule has 8 rings (SSSR count). The number of carboxylic acid groups (broad SMARTS) is 1. The lowest BCUT2D eigenvalue weighted by atomic mass is 9.73. The molecule has 484 valence electrons. The highest BCUT2D eigenvalue weighted by Crippen LogP contribution is 2.46. The maximum Gasteiger partial charge on any atom is 0.330 e. The fourth-order valence-corrected chi connectivity index (χ4v) is 13.0. The summed E-state index contributed by atoms with van der Waals surface area (Å²) < 4.78 is 70.9. The van der Waals surface area contributed by atoms with Crippen molar-refractivity contribution in [2.24, 2.45) is 23.7 Å². The Morgan fingerprint density at radius 3 is 1.46 bits per heavy atom. The number of hydrogen-bond acceptors (Lipinski definition) is 28. The lowest BCUT2D eigenvalue weighted by Gasteiger charge is -2.53. The molecular weight excluding hydrogens is 1140 g/mol. The Hall–Kier alpha value is -3.48. The number of carbonyl (C=O) groups excluding carboxylic acids is 3. The summed E-state index contributed by atoms with van der Waals surface area (Å²) in [4.78, 5) is 49.3. The van der Waals surface area contributed by atoms with Crippen LogP contribution in [0.2, 0.25) is 0 Å². The second kappa shape index (κ2) is 30.8. The van der Waals surface area contributed by atoms with Crippen LogP contribution in [0, 0.1) is 23.7 Å². The maximum absolute atomic E-state index is 13.2. The van der Waals surface area contributed by atoms with Gasteiger partial charge in [-0.05, 0) is 94.8 Å². The molecule has 0 bridgehead atoms. The Kier molecular flexibility index (Phi) is 24.5. The van der Waals surface area contributed by atoms with Crippen LogP contribution in [0.5, 0.6) is 0 Å². The van der Waals surface area contributed by atoms with Gasteiger partial charge >= 0.3 is 23.9 Å². The van der Waals surface area contributed by atoms with Crippen LogP contribution in [0.25, 0.3) is 0 Å². The largest absolute Gasteiger partial charge is 0.481 e. The van der Waals surface area contributed by atoms with Gasteiger partial charge in [-0.3, -0.25) is 9.59 Å². The Balaban J connectivity index is 1.03. The number of hydrogen-bond donors (Lipinski definition) is 13. The number of ether oxygens (including phenoxy) is 12. The normalized spacial score (nSPS) is 45.4. The Labute approximate surface area is 490 Å². The number of methoxy groups -OCH3 is 2. The van der Waals surface area contributed by atoms with Gasteiger partial charge in [-0.2, -0.15) is 0 Å². The Bertz CT molecular complexity index is 2220. The molecule has 8 fully saturated rings.